The average molecular weight is 426 g/mol. The molecular formula is C24H18N4O4. The number of hydrogen-bond acceptors (Lipinski definition) is 8. The van der Waals surface area contributed by atoms with E-state index < -0.39 is 0 Å². The maximum atomic E-state index is 11.8. The molecule has 8 heteroatoms. The lowest BCUT2D eigenvalue weighted by Gasteiger charge is -2.02. The Morgan fingerprint density at radius 3 is 2.59 bits per heavy atom. The molecule has 158 valence electrons. The van der Waals surface area contributed by atoms with Gasteiger partial charge < -0.3 is 13.6 Å². The van der Waals surface area contributed by atoms with Crippen LogP contribution in [0.2, 0.25) is 0 Å². The fourth-order valence-electron chi connectivity index (χ4n) is 2.89. The molecule has 0 saturated carbocycles. The molecule has 0 saturated heterocycles. The summed E-state index contributed by atoms with van der Waals surface area (Å²) in [4.78, 5) is 15.9. The highest BCUT2D eigenvalue weighted by atomic mass is 16.5. The van der Waals surface area contributed by atoms with Gasteiger partial charge in [-0.25, -0.2) is 10.2 Å². The van der Waals surface area contributed by atoms with Crippen LogP contribution >= 0.6 is 0 Å². The lowest BCUT2D eigenvalue weighted by molar-refractivity contribution is 0.0526. The Morgan fingerprint density at radius 2 is 1.88 bits per heavy atom. The summed E-state index contributed by atoms with van der Waals surface area (Å²) in [6.07, 6.45) is 1.46. The molecule has 2 aromatic carbocycles. The van der Waals surface area contributed by atoms with Crippen molar-refractivity contribution < 1.29 is 18.4 Å². The molecule has 0 amide bonds. The van der Waals surface area contributed by atoms with Gasteiger partial charge in [0, 0.05) is 11.1 Å². The highest BCUT2D eigenvalue weighted by Crippen LogP contribution is 2.25. The normalized spacial score (nSPS) is 10.8. The zero-order valence-electron chi connectivity index (χ0n) is 17.1. The first-order valence-corrected chi connectivity index (χ1v) is 9.80. The summed E-state index contributed by atoms with van der Waals surface area (Å²) in [5.74, 6) is 1.21. The van der Waals surface area contributed by atoms with E-state index in [1.54, 1.807) is 43.3 Å². The topological polar surface area (TPSA) is 114 Å². The summed E-state index contributed by atoms with van der Waals surface area (Å²) in [7, 11) is 0. The van der Waals surface area contributed by atoms with Gasteiger partial charge in [-0.3, -0.25) is 0 Å². The van der Waals surface area contributed by atoms with Crippen LogP contribution in [0.15, 0.2) is 80.7 Å². The van der Waals surface area contributed by atoms with Gasteiger partial charge in [0.25, 0.3) is 5.88 Å². The number of carbonyl (C=O) groups excluding carboxylic acids is 1. The summed E-state index contributed by atoms with van der Waals surface area (Å²) in [5, 5.41) is 13.4. The average Bonchev–Trinajstić information content (AvgIpc) is 3.47. The van der Waals surface area contributed by atoms with Crippen molar-refractivity contribution in [3.63, 3.8) is 0 Å². The molecule has 4 aromatic rings. The fourth-order valence-corrected chi connectivity index (χ4v) is 2.89. The van der Waals surface area contributed by atoms with E-state index in [0.29, 0.717) is 29.6 Å². The van der Waals surface area contributed by atoms with E-state index in [1.807, 2.05) is 36.4 Å². The number of nitrogens with one attached hydrogen (secondary N) is 1. The van der Waals surface area contributed by atoms with Crippen LogP contribution < -0.4 is 5.43 Å². The third-order valence-corrected chi connectivity index (χ3v) is 4.42. The molecule has 0 aliphatic heterocycles. The number of ether oxygens (including phenoxy) is 1. The number of furan rings is 1. The Morgan fingerprint density at radius 1 is 1.09 bits per heavy atom. The van der Waals surface area contributed by atoms with E-state index >= 15 is 0 Å². The zero-order chi connectivity index (χ0) is 22.3. The summed E-state index contributed by atoms with van der Waals surface area (Å²) in [6, 6.07) is 21.7. The van der Waals surface area contributed by atoms with Crippen molar-refractivity contribution in [1.82, 2.24) is 4.98 Å². The second-order valence-corrected chi connectivity index (χ2v) is 6.54. The lowest BCUT2D eigenvalue weighted by atomic mass is 10.1. The number of oxazole rings is 1. The van der Waals surface area contributed by atoms with E-state index in [9.17, 15) is 10.1 Å². The van der Waals surface area contributed by atoms with E-state index in [-0.39, 0.29) is 17.5 Å². The fraction of sp³-hybridized carbons (Fsp3) is 0.0833. The van der Waals surface area contributed by atoms with E-state index in [2.05, 4.69) is 15.5 Å². The van der Waals surface area contributed by atoms with Gasteiger partial charge in [-0.1, -0.05) is 30.3 Å². The minimum Gasteiger partial charge on any atom is -0.462 e. The van der Waals surface area contributed by atoms with Crippen LogP contribution in [0.3, 0.4) is 0 Å². The van der Waals surface area contributed by atoms with Crippen molar-refractivity contribution in [3.8, 4) is 28.8 Å². The van der Waals surface area contributed by atoms with Crippen LogP contribution in [-0.4, -0.2) is 23.8 Å². The monoisotopic (exact) mass is 426 g/mol. The Bertz CT molecular complexity index is 1280. The number of rotatable bonds is 7. The number of nitriles is 1. The predicted molar refractivity (Wildman–Crippen MR) is 118 cm³/mol. The Hall–Kier alpha value is -4.64. The molecular weight excluding hydrogens is 408 g/mol. The number of esters is 1. The summed E-state index contributed by atoms with van der Waals surface area (Å²) < 4.78 is 16.4. The van der Waals surface area contributed by atoms with E-state index in [1.165, 1.54) is 6.21 Å². The first-order chi connectivity index (χ1) is 15.7. The molecule has 0 radical (unpaired) electrons. The Balaban J connectivity index is 1.44. The van der Waals surface area contributed by atoms with Crippen molar-refractivity contribution >= 4 is 18.1 Å². The summed E-state index contributed by atoms with van der Waals surface area (Å²) in [6.45, 7) is 2.09. The molecule has 0 spiro atoms. The number of benzene rings is 2. The molecule has 0 aliphatic carbocycles. The van der Waals surface area contributed by atoms with E-state index in [4.69, 9.17) is 13.6 Å². The molecule has 0 aliphatic rings. The minimum atomic E-state index is -0.364. The van der Waals surface area contributed by atoms with Crippen LogP contribution in [0, 0.1) is 11.3 Å². The number of anilines is 1. The minimum absolute atomic E-state index is 0.0998. The van der Waals surface area contributed by atoms with Gasteiger partial charge in [-0.15, -0.1) is 0 Å². The molecule has 8 nitrogen and oxygen atoms in total. The molecule has 32 heavy (non-hydrogen) atoms. The molecule has 0 bridgehead atoms. The highest BCUT2D eigenvalue weighted by Gasteiger charge is 2.14. The second kappa shape index (κ2) is 9.45. The Kier molecular flexibility index (Phi) is 6.09. The largest absolute Gasteiger partial charge is 0.462 e. The maximum absolute atomic E-state index is 11.8. The quantitative estimate of drug-likeness (QED) is 0.248. The summed E-state index contributed by atoms with van der Waals surface area (Å²) in [5.41, 5.74) is 4.83. The predicted octanol–water partition coefficient (Wildman–Crippen LogP) is 5.10. The highest BCUT2D eigenvalue weighted by molar-refractivity contribution is 5.90. The Labute approximate surface area is 183 Å². The smallest absolute Gasteiger partial charge is 0.338 e. The molecule has 2 heterocycles. The molecule has 2 aromatic heterocycles. The van der Waals surface area contributed by atoms with Crippen LogP contribution in [0.1, 0.15) is 28.7 Å². The van der Waals surface area contributed by atoms with Crippen LogP contribution in [0.4, 0.5) is 5.88 Å². The number of carbonyl (C=O) groups is 1. The van der Waals surface area contributed by atoms with Crippen LogP contribution in [0.5, 0.6) is 0 Å². The van der Waals surface area contributed by atoms with Gasteiger partial charge >= 0.3 is 5.97 Å². The van der Waals surface area contributed by atoms with Crippen molar-refractivity contribution in [3.05, 3.63) is 83.7 Å². The van der Waals surface area contributed by atoms with Gasteiger partial charge in [-0.05, 0) is 43.3 Å². The van der Waals surface area contributed by atoms with Crippen molar-refractivity contribution in [2.75, 3.05) is 12.0 Å². The number of aromatic nitrogens is 1. The lowest BCUT2D eigenvalue weighted by Crippen LogP contribution is -2.03. The number of nitrogens with zero attached hydrogens (tertiary/aromatic N) is 3. The molecule has 1 N–H and O–H groups in total. The van der Waals surface area contributed by atoms with E-state index in [0.717, 1.165) is 11.1 Å². The van der Waals surface area contributed by atoms with Crippen molar-refractivity contribution in [2.45, 2.75) is 6.92 Å². The maximum Gasteiger partial charge on any atom is 0.338 e. The van der Waals surface area contributed by atoms with Gasteiger partial charge in [0.1, 0.15) is 17.6 Å². The standard InChI is InChI=1S/C24H18N4O4/c1-2-30-24(29)18-10-8-16(9-11-18)21-13-12-19(31-21)15-26-28-23-20(14-25)27-22(32-23)17-6-4-3-5-7-17/h3-13,15,28H,2H2,1H3. The van der Waals surface area contributed by atoms with Crippen molar-refractivity contribution in [1.29, 1.82) is 5.26 Å². The molecule has 0 unspecified atom stereocenters. The molecule has 0 atom stereocenters. The van der Waals surface area contributed by atoms with Gasteiger partial charge in [0.05, 0.1) is 18.4 Å². The number of hydrazone groups is 1. The second-order valence-electron chi connectivity index (χ2n) is 6.54. The van der Waals surface area contributed by atoms with Crippen molar-refractivity contribution in [2.24, 2.45) is 5.10 Å². The SMILES string of the molecule is CCOC(=O)c1ccc(-c2ccc(C=NNc3oc(-c4ccccc4)nc3C#N)o2)cc1. The van der Waals surface area contributed by atoms with Gasteiger partial charge in [0.2, 0.25) is 11.6 Å². The molecule has 0 fully saturated rings. The van der Waals surface area contributed by atoms with Crippen LogP contribution in [0.25, 0.3) is 22.8 Å². The van der Waals surface area contributed by atoms with Crippen LogP contribution in [-0.2, 0) is 4.74 Å². The van der Waals surface area contributed by atoms with Gasteiger partial charge in [-0.2, -0.15) is 15.3 Å². The van der Waals surface area contributed by atoms with Gasteiger partial charge in [0.15, 0.2) is 0 Å². The first-order valence-electron chi connectivity index (χ1n) is 9.80. The third kappa shape index (κ3) is 4.57. The summed E-state index contributed by atoms with van der Waals surface area (Å²) >= 11 is 0. The number of hydrogen-bond donors (Lipinski definition) is 1. The first kappa shape index (κ1) is 20.6. The third-order valence-electron chi connectivity index (χ3n) is 4.42. The zero-order valence-corrected chi connectivity index (χ0v) is 17.1. The molecule has 4 rings (SSSR count).